The Morgan fingerprint density at radius 1 is 0.826 bits per heavy atom. The Hall–Kier alpha value is 0. The first-order valence-electron chi connectivity index (χ1n) is 10.8. The average molecular weight is 321 g/mol. The molecule has 0 aliphatic heterocycles. The Morgan fingerprint density at radius 3 is 1.96 bits per heavy atom. The van der Waals surface area contributed by atoms with E-state index in [1.165, 1.54) is 32.1 Å². The average Bonchev–Trinajstić information content (AvgIpc) is 2.81. The van der Waals surface area contributed by atoms with Crippen LogP contribution in [0.4, 0.5) is 0 Å². The Bertz CT molecular complexity index is 357. The van der Waals surface area contributed by atoms with E-state index in [9.17, 15) is 0 Å². The first-order chi connectivity index (χ1) is 10.8. The smallest absolute Gasteiger partial charge is 0.0319 e. The molecule has 0 bridgehead atoms. The van der Waals surface area contributed by atoms with Crippen LogP contribution in [0.25, 0.3) is 0 Å². The van der Waals surface area contributed by atoms with Gasteiger partial charge in [0.1, 0.15) is 0 Å². The summed E-state index contributed by atoms with van der Waals surface area (Å²) in [4.78, 5) is 0. The number of hydrogen-bond donors (Lipinski definition) is 0. The van der Waals surface area contributed by atoms with Crippen LogP contribution in [0.1, 0.15) is 87.5 Å². The van der Waals surface area contributed by atoms with E-state index in [4.69, 9.17) is 0 Å². The fraction of sp³-hybridized carbons (Fsp3) is 1.00. The van der Waals surface area contributed by atoms with E-state index in [1.54, 1.807) is 0 Å². The van der Waals surface area contributed by atoms with Crippen LogP contribution < -0.4 is 0 Å². The second kappa shape index (κ2) is 7.92. The fourth-order valence-corrected chi connectivity index (χ4v) is 7.10. The molecule has 2 aliphatic rings. The summed E-state index contributed by atoms with van der Waals surface area (Å²) in [6.45, 7) is 20.2. The molecule has 0 amide bonds. The van der Waals surface area contributed by atoms with Crippen LogP contribution in [0.2, 0.25) is 0 Å². The fourth-order valence-electron chi connectivity index (χ4n) is 7.10. The lowest BCUT2D eigenvalue weighted by molar-refractivity contribution is 0.106. The third-order valence-electron chi connectivity index (χ3n) is 8.42. The summed E-state index contributed by atoms with van der Waals surface area (Å²) in [5.41, 5.74) is 0. The van der Waals surface area contributed by atoms with Gasteiger partial charge in [0.2, 0.25) is 0 Å². The molecule has 0 aromatic rings. The highest BCUT2D eigenvalue weighted by atomic mass is 14.6. The lowest BCUT2D eigenvalue weighted by atomic mass is 9.68. The zero-order valence-electron chi connectivity index (χ0n) is 17.3. The molecule has 0 aromatic heterocycles. The van der Waals surface area contributed by atoms with Crippen LogP contribution in [-0.4, -0.2) is 0 Å². The van der Waals surface area contributed by atoms with Crippen LogP contribution in [-0.2, 0) is 0 Å². The van der Waals surface area contributed by atoms with E-state index in [0.29, 0.717) is 0 Å². The van der Waals surface area contributed by atoms with Crippen LogP contribution in [0.15, 0.2) is 0 Å². The van der Waals surface area contributed by atoms with Crippen molar-refractivity contribution in [3.63, 3.8) is 0 Å². The molecule has 2 aliphatic carbocycles. The van der Waals surface area contributed by atoms with Crippen molar-refractivity contribution in [3.05, 3.63) is 0 Å². The number of rotatable bonds is 5. The van der Waals surface area contributed by atoms with Gasteiger partial charge in [-0.25, -0.2) is 0 Å². The molecular weight excluding hydrogens is 276 g/mol. The summed E-state index contributed by atoms with van der Waals surface area (Å²) in [7, 11) is 0. The molecule has 0 heteroatoms. The van der Waals surface area contributed by atoms with Crippen molar-refractivity contribution >= 4 is 0 Å². The van der Waals surface area contributed by atoms with Crippen molar-refractivity contribution < 1.29 is 0 Å². The minimum atomic E-state index is 0.864. The Labute approximate surface area is 147 Å². The summed E-state index contributed by atoms with van der Waals surface area (Å²) in [6.07, 6.45) is 7.16. The summed E-state index contributed by atoms with van der Waals surface area (Å²) in [5.74, 6) is 9.43. The minimum absolute atomic E-state index is 0.864. The van der Waals surface area contributed by atoms with Crippen molar-refractivity contribution in [2.75, 3.05) is 0 Å². The van der Waals surface area contributed by atoms with Crippen LogP contribution in [0, 0.1) is 59.2 Å². The van der Waals surface area contributed by atoms with Gasteiger partial charge in [-0.3, -0.25) is 0 Å². The van der Waals surface area contributed by atoms with E-state index in [-0.39, 0.29) is 0 Å². The zero-order chi connectivity index (χ0) is 17.3. The maximum atomic E-state index is 2.64. The third-order valence-corrected chi connectivity index (χ3v) is 8.42. The van der Waals surface area contributed by atoms with Gasteiger partial charge in [0, 0.05) is 0 Å². The van der Waals surface area contributed by atoms with Crippen molar-refractivity contribution in [2.24, 2.45) is 59.2 Å². The number of fused-ring (bicyclic) bond motifs is 1. The highest BCUT2D eigenvalue weighted by molar-refractivity contribution is 5.01. The predicted molar refractivity (Wildman–Crippen MR) is 103 cm³/mol. The van der Waals surface area contributed by atoms with Crippen molar-refractivity contribution in [3.8, 4) is 0 Å². The maximum absolute atomic E-state index is 2.64. The summed E-state index contributed by atoms with van der Waals surface area (Å²) in [6, 6.07) is 0. The highest BCUT2D eigenvalue weighted by Gasteiger charge is 2.53. The third kappa shape index (κ3) is 3.52. The molecule has 0 spiro atoms. The van der Waals surface area contributed by atoms with Gasteiger partial charge in [0.05, 0.1) is 0 Å². The SMILES string of the molecule is CCCCC1C(C)C(C)C(CC)C2C(C(C)C)CC(C)C2C1C. The largest absolute Gasteiger partial charge is 0.0654 e. The Kier molecular flexibility index (Phi) is 6.66. The summed E-state index contributed by atoms with van der Waals surface area (Å²) in [5, 5.41) is 0. The molecule has 0 radical (unpaired) electrons. The Balaban J connectivity index is 2.38. The molecule has 23 heavy (non-hydrogen) atoms. The molecule has 0 N–H and O–H groups in total. The van der Waals surface area contributed by atoms with E-state index in [1.807, 2.05) is 0 Å². The van der Waals surface area contributed by atoms with Gasteiger partial charge in [-0.15, -0.1) is 0 Å². The van der Waals surface area contributed by atoms with Gasteiger partial charge in [-0.05, 0) is 72.0 Å². The summed E-state index contributed by atoms with van der Waals surface area (Å²) >= 11 is 0. The van der Waals surface area contributed by atoms with E-state index < -0.39 is 0 Å². The highest BCUT2D eigenvalue weighted by Crippen LogP contribution is 2.59. The van der Waals surface area contributed by atoms with Crippen LogP contribution >= 0.6 is 0 Å². The lowest BCUT2D eigenvalue weighted by Gasteiger charge is -2.37. The second-order valence-electron chi connectivity index (χ2n) is 9.73. The molecule has 2 saturated carbocycles. The van der Waals surface area contributed by atoms with Crippen LogP contribution in [0.3, 0.4) is 0 Å². The molecule has 0 aromatic carbocycles. The lowest BCUT2D eigenvalue weighted by Crippen LogP contribution is -2.32. The van der Waals surface area contributed by atoms with E-state index in [2.05, 4.69) is 55.4 Å². The molecule has 9 atom stereocenters. The van der Waals surface area contributed by atoms with Crippen LogP contribution in [0.5, 0.6) is 0 Å². The van der Waals surface area contributed by atoms with Crippen molar-refractivity contribution in [1.29, 1.82) is 0 Å². The molecular formula is C23H44. The monoisotopic (exact) mass is 320 g/mol. The van der Waals surface area contributed by atoms with Gasteiger partial charge in [0.25, 0.3) is 0 Å². The molecule has 9 unspecified atom stereocenters. The second-order valence-corrected chi connectivity index (χ2v) is 9.73. The number of hydrogen-bond acceptors (Lipinski definition) is 0. The van der Waals surface area contributed by atoms with Gasteiger partial charge in [0.15, 0.2) is 0 Å². The predicted octanol–water partition coefficient (Wildman–Crippen LogP) is 7.29. The molecule has 136 valence electrons. The first kappa shape index (κ1) is 19.3. The molecule has 0 nitrogen and oxygen atoms in total. The van der Waals surface area contributed by atoms with E-state index in [0.717, 1.165) is 59.2 Å². The van der Waals surface area contributed by atoms with Gasteiger partial charge in [-0.2, -0.15) is 0 Å². The molecule has 0 saturated heterocycles. The minimum Gasteiger partial charge on any atom is -0.0654 e. The van der Waals surface area contributed by atoms with Crippen molar-refractivity contribution in [1.82, 2.24) is 0 Å². The van der Waals surface area contributed by atoms with E-state index >= 15 is 0 Å². The quantitative estimate of drug-likeness (QED) is 0.499. The number of unbranched alkanes of at least 4 members (excludes halogenated alkanes) is 1. The van der Waals surface area contributed by atoms with Gasteiger partial charge < -0.3 is 0 Å². The normalized spacial score (nSPS) is 47.6. The van der Waals surface area contributed by atoms with Gasteiger partial charge >= 0.3 is 0 Å². The topological polar surface area (TPSA) is 0 Å². The molecule has 0 heterocycles. The maximum Gasteiger partial charge on any atom is -0.0319 e. The molecule has 2 fully saturated rings. The van der Waals surface area contributed by atoms with Gasteiger partial charge in [-0.1, -0.05) is 74.7 Å². The zero-order valence-corrected chi connectivity index (χ0v) is 17.3. The summed E-state index contributed by atoms with van der Waals surface area (Å²) < 4.78 is 0. The van der Waals surface area contributed by atoms with Crippen molar-refractivity contribution in [2.45, 2.75) is 87.5 Å². The first-order valence-corrected chi connectivity index (χ1v) is 10.8. The standard InChI is InChI=1S/C23H44/c1-9-11-12-20-17(7)16(6)19(10-2)23-21(14(3)4)13-15(5)22(23)18(20)8/h14-23H,9-13H2,1-8H3. The Morgan fingerprint density at radius 2 is 1.43 bits per heavy atom. The molecule has 2 rings (SSSR count).